The third-order valence-corrected chi connectivity index (χ3v) is 5.05. The summed E-state index contributed by atoms with van der Waals surface area (Å²) < 4.78 is 13.9. The van der Waals surface area contributed by atoms with Crippen LogP contribution in [-0.2, 0) is 9.59 Å². The van der Waals surface area contributed by atoms with Crippen LogP contribution in [0.15, 0.2) is 29.2 Å². The van der Waals surface area contributed by atoms with Crippen LogP contribution in [0.2, 0.25) is 0 Å². The van der Waals surface area contributed by atoms with Gasteiger partial charge >= 0.3 is 0 Å². The van der Waals surface area contributed by atoms with E-state index in [1.54, 1.807) is 19.1 Å². The van der Waals surface area contributed by atoms with Gasteiger partial charge in [0, 0.05) is 5.56 Å². The minimum Gasteiger partial charge on any atom is -0.548 e. The zero-order valence-corrected chi connectivity index (χ0v) is 14.2. The number of carboxylic acid groups (broad SMARTS) is 1. The Morgan fingerprint density at radius 3 is 2.70 bits per heavy atom. The summed E-state index contributed by atoms with van der Waals surface area (Å²) in [6.45, 7) is 3.55. The van der Waals surface area contributed by atoms with Crippen LogP contribution in [-0.4, -0.2) is 27.1 Å². The van der Waals surface area contributed by atoms with Crippen molar-refractivity contribution in [1.82, 2.24) is 4.90 Å². The Hall–Kier alpha value is -1.73. The number of carbonyl (C=O) groups is 2. The fraction of sp³-hybridized carbons (Fsp3) is 0.312. The van der Waals surface area contributed by atoms with E-state index in [4.69, 9.17) is 12.2 Å². The van der Waals surface area contributed by atoms with E-state index >= 15 is 0 Å². The van der Waals surface area contributed by atoms with Crippen molar-refractivity contribution in [3.63, 3.8) is 0 Å². The molecule has 0 saturated carbocycles. The van der Waals surface area contributed by atoms with E-state index < -0.39 is 23.7 Å². The molecular weight excluding hydrogens is 337 g/mol. The van der Waals surface area contributed by atoms with Crippen molar-refractivity contribution in [2.75, 3.05) is 0 Å². The average molecular weight is 352 g/mol. The van der Waals surface area contributed by atoms with Crippen molar-refractivity contribution < 1.29 is 19.1 Å². The van der Waals surface area contributed by atoms with Crippen LogP contribution in [0.25, 0.3) is 6.08 Å². The summed E-state index contributed by atoms with van der Waals surface area (Å²) in [5, 5.41) is 11.4. The van der Waals surface area contributed by atoms with Crippen LogP contribution < -0.4 is 5.11 Å². The topological polar surface area (TPSA) is 60.4 Å². The largest absolute Gasteiger partial charge is 0.548 e. The number of halogens is 1. The van der Waals surface area contributed by atoms with Crippen molar-refractivity contribution in [1.29, 1.82) is 0 Å². The number of hydrogen-bond donors (Lipinski definition) is 0. The predicted octanol–water partition coefficient (Wildman–Crippen LogP) is 2.19. The maximum Gasteiger partial charge on any atom is 0.266 e. The van der Waals surface area contributed by atoms with Gasteiger partial charge in [0.2, 0.25) is 0 Å². The van der Waals surface area contributed by atoms with Gasteiger partial charge in [0.15, 0.2) is 0 Å². The van der Waals surface area contributed by atoms with E-state index in [0.29, 0.717) is 6.42 Å². The lowest BCUT2D eigenvalue weighted by Gasteiger charge is -2.32. The number of hydrogen-bond acceptors (Lipinski definition) is 5. The second-order valence-corrected chi connectivity index (χ2v) is 6.90. The Labute approximate surface area is 143 Å². The summed E-state index contributed by atoms with van der Waals surface area (Å²) >= 11 is 6.12. The van der Waals surface area contributed by atoms with Crippen molar-refractivity contribution in [2.45, 2.75) is 26.3 Å². The summed E-state index contributed by atoms with van der Waals surface area (Å²) in [7, 11) is 0. The monoisotopic (exact) mass is 352 g/mol. The second kappa shape index (κ2) is 7.23. The molecule has 2 rings (SSSR count). The van der Waals surface area contributed by atoms with Gasteiger partial charge in [-0.05, 0) is 18.1 Å². The fourth-order valence-corrected chi connectivity index (χ4v) is 3.59. The molecule has 1 fully saturated rings. The number of benzene rings is 1. The molecule has 0 aliphatic carbocycles. The maximum atomic E-state index is 13.7. The highest BCUT2D eigenvalue weighted by atomic mass is 32.2. The Balaban J connectivity index is 2.36. The van der Waals surface area contributed by atoms with Gasteiger partial charge in [-0.1, -0.05) is 62.4 Å². The minimum atomic E-state index is -1.34. The molecule has 0 spiro atoms. The first kappa shape index (κ1) is 17.6. The number of amides is 1. The predicted molar refractivity (Wildman–Crippen MR) is 89.7 cm³/mol. The highest BCUT2D eigenvalue weighted by Gasteiger charge is 2.39. The van der Waals surface area contributed by atoms with E-state index in [0.717, 1.165) is 16.7 Å². The highest BCUT2D eigenvalue weighted by molar-refractivity contribution is 8.26. The van der Waals surface area contributed by atoms with E-state index in [9.17, 15) is 19.1 Å². The third-order valence-electron chi connectivity index (χ3n) is 3.72. The molecule has 0 aromatic heterocycles. The average Bonchev–Trinajstić information content (AvgIpc) is 2.77. The van der Waals surface area contributed by atoms with Gasteiger partial charge in [-0.2, -0.15) is 0 Å². The zero-order valence-electron chi connectivity index (χ0n) is 12.6. The Kier molecular flexibility index (Phi) is 5.54. The number of carboxylic acids is 1. The standard InChI is InChI=1S/C16H16FNO3S2/c1-3-9(2)13(15(20)21)18-14(19)12(23-16(18)22)8-10-6-4-5-7-11(10)17/h4-9,13H,3H2,1-2H3,(H,20,21)/p-1/b12-8-/t9-,13+/m1/s1. The van der Waals surface area contributed by atoms with E-state index in [1.807, 2.05) is 6.92 Å². The van der Waals surface area contributed by atoms with Crippen LogP contribution in [0.4, 0.5) is 4.39 Å². The molecule has 1 saturated heterocycles. The molecule has 0 unspecified atom stereocenters. The summed E-state index contributed by atoms with van der Waals surface area (Å²) in [4.78, 5) is 25.2. The molecule has 0 radical (unpaired) electrons. The summed E-state index contributed by atoms with van der Waals surface area (Å²) in [5.41, 5.74) is 0.251. The zero-order chi connectivity index (χ0) is 17.1. The van der Waals surface area contributed by atoms with Gasteiger partial charge in [-0.15, -0.1) is 0 Å². The lowest BCUT2D eigenvalue weighted by Crippen LogP contribution is -2.53. The molecule has 2 atom stereocenters. The number of rotatable bonds is 5. The molecule has 1 aromatic rings. The fourth-order valence-electron chi connectivity index (χ4n) is 2.27. The number of aliphatic carboxylic acids is 1. The molecule has 1 aliphatic rings. The number of thiocarbonyl (C=S) groups is 1. The quantitative estimate of drug-likeness (QED) is 0.600. The molecule has 23 heavy (non-hydrogen) atoms. The van der Waals surface area contributed by atoms with Gasteiger partial charge in [0.25, 0.3) is 5.91 Å². The van der Waals surface area contributed by atoms with E-state index in [2.05, 4.69) is 0 Å². The van der Waals surface area contributed by atoms with Gasteiger partial charge in [0.05, 0.1) is 16.9 Å². The number of carbonyl (C=O) groups excluding carboxylic acids is 2. The van der Waals surface area contributed by atoms with Crippen LogP contribution >= 0.6 is 24.0 Å². The molecule has 122 valence electrons. The lowest BCUT2D eigenvalue weighted by atomic mass is 9.98. The Bertz CT molecular complexity index is 690. The molecule has 1 heterocycles. The highest BCUT2D eigenvalue weighted by Crippen LogP contribution is 2.36. The van der Waals surface area contributed by atoms with Crippen molar-refractivity contribution in [2.24, 2.45) is 5.92 Å². The van der Waals surface area contributed by atoms with Gasteiger partial charge in [-0.25, -0.2) is 4.39 Å². The molecule has 4 nitrogen and oxygen atoms in total. The van der Waals surface area contributed by atoms with Crippen LogP contribution in [0, 0.1) is 11.7 Å². The van der Waals surface area contributed by atoms with Gasteiger partial charge in [0.1, 0.15) is 10.1 Å². The number of thioether (sulfide) groups is 1. The van der Waals surface area contributed by atoms with Crippen molar-refractivity contribution in [3.05, 3.63) is 40.6 Å². The molecule has 1 amide bonds. The van der Waals surface area contributed by atoms with Crippen LogP contribution in [0.5, 0.6) is 0 Å². The summed E-state index contributed by atoms with van der Waals surface area (Å²) in [5.74, 6) is -2.65. The molecule has 7 heteroatoms. The first-order valence-electron chi connectivity index (χ1n) is 7.09. The smallest absolute Gasteiger partial charge is 0.266 e. The lowest BCUT2D eigenvalue weighted by molar-refractivity contribution is -0.311. The first-order valence-corrected chi connectivity index (χ1v) is 8.31. The molecule has 0 bridgehead atoms. The molecule has 0 N–H and O–H groups in total. The van der Waals surface area contributed by atoms with Gasteiger partial charge in [-0.3, -0.25) is 9.69 Å². The van der Waals surface area contributed by atoms with Crippen molar-refractivity contribution >= 4 is 46.3 Å². The normalized spacial score (nSPS) is 19.3. The molecule has 1 aliphatic heterocycles. The third kappa shape index (κ3) is 3.61. The van der Waals surface area contributed by atoms with Gasteiger partial charge < -0.3 is 9.90 Å². The maximum absolute atomic E-state index is 13.7. The van der Waals surface area contributed by atoms with Crippen molar-refractivity contribution in [3.8, 4) is 0 Å². The van der Waals surface area contributed by atoms with E-state index in [-0.39, 0.29) is 20.7 Å². The molecule has 1 aromatic carbocycles. The molecular formula is C16H15FNO3S2-. The SMILES string of the molecule is CC[C@@H](C)[C@@H](C(=O)[O-])N1C(=O)/C(=C/c2ccccc2F)SC1=S. The van der Waals surface area contributed by atoms with Crippen LogP contribution in [0.3, 0.4) is 0 Å². The Morgan fingerprint density at radius 1 is 1.48 bits per heavy atom. The summed E-state index contributed by atoms with van der Waals surface area (Å²) in [6, 6.07) is 4.90. The summed E-state index contributed by atoms with van der Waals surface area (Å²) in [6.07, 6.45) is 1.94. The second-order valence-electron chi connectivity index (χ2n) is 5.22. The Morgan fingerprint density at radius 2 is 2.13 bits per heavy atom. The minimum absolute atomic E-state index is 0.145. The first-order chi connectivity index (χ1) is 10.9. The number of nitrogens with zero attached hydrogens (tertiary/aromatic N) is 1. The van der Waals surface area contributed by atoms with E-state index in [1.165, 1.54) is 18.2 Å². The van der Waals surface area contributed by atoms with Crippen LogP contribution in [0.1, 0.15) is 25.8 Å².